The Kier molecular flexibility index (Phi) is 14.2. The molecule has 0 heterocycles. The molecular weight excluding hydrogens is 833 g/mol. The summed E-state index contributed by atoms with van der Waals surface area (Å²) in [7, 11) is 0. The Morgan fingerprint density at radius 2 is 0.523 bits per heavy atom. The summed E-state index contributed by atoms with van der Waals surface area (Å²) in [6.07, 6.45) is 1.42. The van der Waals surface area contributed by atoms with Crippen LogP contribution in [0.1, 0.15) is 187 Å². The summed E-state index contributed by atoms with van der Waals surface area (Å²) in [4.78, 5) is 3.94. The predicted octanol–water partition coefficient (Wildman–Crippen LogP) is 12.7. The van der Waals surface area contributed by atoms with Crippen molar-refractivity contribution in [1.29, 1.82) is 5.39 Å². The summed E-state index contributed by atoms with van der Waals surface area (Å²) in [5.74, 6) is 0.541. The number of nitrogens with zero attached hydrogens (tertiary/aromatic N) is 2. The lowest BCUT2D eigenvalue weighted by Gasteiger charge is -2.26. The SMILES string of the molecule is CC(C)(C)c1cc2c(O)c(c1)Cc1cc(C(C)(C)C)cc(c1O)Cc1cc(C(C)(C)C)cc(c1[N+]#N)Cc1cc(C(C)(C)C)cc(c1O)Cc1cc(C(C)(C)C)cc(c1O)C2.O=S([O-])[O-]. The molecular formula is C55H69N2O7S-. The number of phenolic OH excluding ortho intramolecular Hbond substituents is 4. The van der Waals surface area contributed by atoms with E-state index in [-0.39, 0.29) is 69.3 Å². The highest BCUT2D eigenvalue weighted by atomic mass is 32.2. The normalized spacial score (nSPS) is 13.7. The van der Waals surface area contributed by atoms with E-state index in [1.165, 1.54) is 0 Å². The quantitative estimate of drug-likeness (QED) is 0.0861. The van der Waals surface area contributed by atoms with E-state index in [0.29, 0.717) is 63.0 Å². The van der Waals surface area contributed by atoms with Gasteiger partial charge in [-0.15, -0.1) is 11.4 Å². The second-order valence-electron chi connectivity index (χ2n) is 23.2. The third-order valence-corrected chi connectivity index (χ3v) is 12.7. The fraction of sp³-hybridized carbons (Fsp3) is 0.455. The largest absolute Gasteiger partial charge is 0.784 e. The Bertz CT molecular complexity index is 2530. The first-order valence-corrected chi connectivity index (χ1v) is 23.4. The highest BCUT2D eigenvalue weighted by Gasteiger charge is 2.31. The van der Waals surface area contributed by atoms with Crippen LogP contribution in [0, 0.1) is 5.39 Å². The molecule has 0 amide bonds. The van der Waals surface area contributed by atoms with Gasteiger partial charge in [0.1, 0.15) is 23.0 Å². The van der Waals surface area contributed by atoms with Crippen LogP contribution in [-0.4, -0.2) is 33.7 Å². The van der Waals surface area contributed by atoms with Gasteiger partial charge in [-0.2, -0.15) is 0 Å². The van der Waals surface area contributed by atoms with E-state index in [4.69, 9.17) is 13.3 Å². The molecule has 0 aliphatic heterocycles. The van der Waals surface area contributed by atoms with Crippen molar-refractivity contribution in [2.75, 3.05) is 0 Å². The number of rotatable bonds is 0. The maximum atomic E-state index is 12.3. The lowest BCUT2D eigenvalue weighted by Crippen LogP contribution is -2.15. The molecule has 0 saturated heterocycles. The van der Waals surface area contributed by atoms with Gasteiger partial charge in [-0.1, -0.05) is 152 Å². The zero-order valence-electron chi connectivity index (χ0n) is 41.1. The summed E-state index contributed by atoms with van der Waals surface area (Å²) in [6, 6.07) is 20.6. The molecule has 6 rings (SSSR count). The Hall–Kier alpha value is -5.21. The number of benzene rings is 5. The van der Waals surface area contributed by atoms with Gasteiger partial charge >= 0.3 is 5.69 Å². The lowest BCUT2D eigenvalue weighted by atomic mass is 9.79. The van der Waals surface area contributed by atoms with Gasteiger partial charge in [-0.05, 0) is 112 Å². The fourth-order valence-corrected chi connectivity index (χ4v) is 8.47. The molecule has 1 aliphatic carbocycles. The van der Waals surface area contributed by atoms with E-state index in [9.17, 15) is 25.8 Å². The maximum absolute atomic E-state index is 12.3. The highest BCUT2D eigenvalue weighted by Crippen LogP contribution is 2.44. The first-order chi connectivity index (χ1) is 29.7. The maximum Gasteiger partial charge on any atom is 0.392 e. The standard InChI is InChI=1S/C55H68N2O4.H2O3S/c1-51(2,3)41-21-31-16-33-23-42(52(4,5)6)25-35(47(33)58)18-37-27-44(54(10,11)12)29-39(49(37)60)20-40-30-45(55(13,14)15)28-38(50(40)61)19-36-26-43(53(7,8)9)24-34(48(36)59)17-32(22-41)46(31)57-56;1-4(2)3/h21-30H,16-20H2,1-15H3,(H3-,58,59,60,61);(H2,1,2,3)/p-1. The van der Waals surface area contributed by atoms with Gasteiger partial charge in [0.05, 0.1) is 11.1 Å². The molecule has 0 atom stereocenters. The van der Waals surface area contributed by atoms with Crippen LogP contribution >= 0.6 is 0 Å². The summed E-state index contributed by atoms with van der Waals surface area (Å²) < 4.78 is 25.3. The first-order valence-electron chi connectivity index (χ1n) is 22.4. The zero-order chi connectivity index (χ0) is 48.9. The Morgan fingerprint density at radius 1 is 0.385 bits per heavy atom. The molecule has 10 bridgehead atoms. The third-order valence-electron chi connectivity index (χ3n) is 12.7. The minimum atomic E-state index is -3.11. The number of hydrogen-bond acceptors (Lipinski definition) is 8. The van der Waals surface area contributed by atoms with Crippen LogP contribution in [0.2, 0.25) is 0 Å². The van der Waals surface area contributed by atoms with Crippen LogP contribution in [-0.2, 0) is 70.5 Å². The number of phenols is 4. The van der Waals surface area contributed by atoms with Gasteiger partial charge in [-0.25, -0.2) is 0 Å². The molecule has 0 unspecified atom stereocenters. The average Bonchev–Trinajstić information content (AvgIpc) is 3.14. The fourth-order valence-electron chi connectivity index (χ4n) is 8.47. The molecule has 0 aromatic heterocycles. The zero-order valence-corrected chi connectivity index (χ0v) is 41.9. The van der Waals surface area contributed by atoms with Crippen molar-refractivity contribution in [2.45, 2.75) is 163 Å². The Morgan fingerprint density at radius 3 is 0.662 bits per heavy atom. The number of aromatic hydroxyl groups is 4. The molecule has 4 N–H and O–H groups in total. The van der Waals surface area contributed by atoms with E-state index < -0.39 is 11.4 Å². The number of diazo groups is 1. The summed E-state index contributed by atoms with van der Waals surface area (Å²) >= 11 is -3.11. The second-order valence-corrected chi connectivity index (χ2v) is 23.6. The van der Waals surface area contributed by atoms with E-state index >= 15 is 0 Å². The van der Waals surface area contributed by atoms with Crippen molar-refractivity contribution >= 4 is 17.0 Å². The molecule has 5 aromatic carbocycles. The van der Waals surface area contributed by atoms with Crippen LogP contribution in [0.3, 0.4) is 0 Å². The molecule has 1 aliphatic rings. The van der Waals surface area contributed by atoms with E-state index in [1.54, 1.807) is 0 Å². The van der Waals surface area contributed by atoms with Crippen LogP contribution < -0.4 is 0 Å². The highest BCUT2D eigenvalue weighted by molar-refractivity contribution is 7.72. The minimum Gasteiger partial charge on any atom is -0.784 e. The van der Waals surface area contributed by atoms with Gasteiger partial charge < -0.3 is 29.5 Å². The van der Waals surface area contributed by atoms with E-state index in [1.807, 2.05) is 0 Å². The van der Waals surface area contributed by atoms with Gasteiger partial charge in [0.15, 0.2) is 4.98 Å². The molecule has 5 aromatic rings. The van der Waals surface area contributed by atoms with Gasteiger partial charge in [0, 0.05) is 32.1 Å². The minimum absolute atomic E-state index is 0.135. The van der Waals surface area contributed by atoms with Crippen LogP contribution in [0.5, 0.6) is 23.0 Å². The Labute approximate surface area is 389 Å². The van der Waals surface area contributed by atoms with Gasteiger partial charge in [-0.3, -0.25) is 4.21 Å². The van der Waals surface area contributed by atoms with Gasteiger partial charge in [0.2, 0.25) is 5.39 Å². The van der Waals surface area contributed by atoms with Crippen molar-refractivity contribution < 1.29 is 33.7 Å². The first kappa shape index (κ1) is 50.8. The molecule has 0 spiro atoms. The molecule has 0 saturated carbocycles. The van der Waals surface area contributed by atoms with Crippen LogP contribution in [0.25, 0.3) is 4.98 Å². The van der Waals surface area contributed by atoms with Crippen molar-refractivity contribution in [3.05, 3.63) is 149 Å². The monoisotopic (exact) mass is 901 g/mol. The van der Waals surface area contributed by atoms with E-state index in [2.05, 4.69) is 169 Å². The smallest absolute Gasteiger partial charge is 0.392 e. The molecule has 348 valence electrons. The Balaban J connectivity index is 0.00000190. The van der Waals surface area contributed by atoms with Crippen molar-refractivity contribution in [1.82, 2.24) is 0 Å². The van der Waals surface area contributed by atoms with Crippen molar-refractivity contribution in [3.8, 4) is 23.0 Å². The van der Waals surface area contributed by atoms with Crippen molar-refractivity contribution in [3.63, 3.8) is 0 Å². The molecule has 65 heavy (non-hydrogen) atoms. The van der Waals surface area contributed by atoms with Gasteiger partial charge in [0.25, 0.3) is 0 Å². The summed E-state index contributed by atoms with van der Waals surface area (Å²) in [5.41, 5.74) is 11.3. The second kappa shape index (κ2) is 18.2. The predicted molar refractivity (Wildman–Crippen MR) is 261 cm³/mol. The summed E-state index contributed by atoms with van der Waals surface area (Å²) in [5, 5.41) is 60.0. The molecule has 10 heteroatoms. The topological polar surface area (TPSA) is 172 Å². The third kappa shape index (κ3) is 11.8. The molecule has 0 fully saturated rings. The van der Waals surface area contributed by atoms with Crippen molar-refractivity contribution in [2.24, 2.45) is 0 Å². The molecule has 9 nitrogen and oxygen atoms in total. The van der Waals surface area contributed by atoms with E-state index in [0.717, 1.165) is 38.9 Å². The van der Waals surface area contributed by atoms with Crippen LogP contribution in [0.4, 0.5) is 5.69 Å². The number of fused-ring (bicyclic) bond motifs is 10. The lowest BCUT2D eigenvalue weighted by molar-refractivity contribution is 0.419. The summed E-state index contributed by atoms with van der Waals surface area (Å²) in [6.45, 7) is 32.3. The van der Waals surface area contributed by atoms with Crippen LogP contribution in [0.15, 0.2) is 60.7 Å². The number of hydrogen-bond donors (Lipinski definition) is 4. The average molecular weight is 902 g/mol. The molecule has 0 radical (unpaired) electrons.